The maximum atomic E-state index is 10.7. The largest absolute Gasteiger partial charge is 0.463 e. The van der Waals surface area contributed by atoms with Gasteiger partial charge >= 0.3 is 11.9 Å². The molecule has 5 nitrogen and oxygen atoms in total. The second-order valence-corrected chi connectivity index (χ2v) is 3.53. The zero-order valence-corrected chi connectivity index (χ0v) is 9.02. The lowest BCUT2D eigenvalue weighted by molar-refractivity contribution is -0.208. The maximum absolute atomic E-state index is 10.7. The summed E-state index contributed by atoms with van der Waals surface area (Å²) < 4.78 is 15.2. The molecule has 1 aliphatic heterocycles. The summed E-state index contributed by atoms with van der Waals surface area (Å²) in [6, 6.07) is 0. The lowest BCUT2D eigenvalue weighted by Gasteiger charge is -2.28. The average Bonchev–Trinajstić information content (AvgIpc) is 2.14. The fourth-order valence-electron chi connectivity index (χ4n) is 1.47. The van der Waals surface area contributed by atoms with E-state index >= 15 is 0 Å². The normalized spacial score (nSPS) is 25.7. The van der Waals surface area contributed by atoms with E-state index < -0.39 is 6.29 Å². The zero-order valence-electron chi connectivity index (χ0n) is 9.02. The monoisotopic (exact) mass is 216 g/mol. The molecule has 0 radical (unpaired) electrons. The smallest absolute Gasteiger partial charge is 0.304 e. The molecular formula is C10H16O5. The Labute approximate surface area is 88.7 Å². The van der Waals surface area contributed by atoms with Crippen LogP contribution in [0.2, 0.25) is 0 Å². The molecule has 1 fully saturated rings. The summed E-state index contributed by atoms with van der Waals surface area (Å²) in [6.07, 6.45) is 1.79. The van der Waals surface area contributed by atoms with Crippen molar-refractivity contribution in [3.05, 3.63) is 0 Å². The van der Waals surface area contributed by atoms with E-state index in [-0.39, 0.29) is 24.6 Å². The quantitative estimate of drug-likeness (QED) is 0.659. The molecule has 5 heteroatoms. The molecule has 0 aromatic heterocycles. The van der Waals surface area contributed by atoms with Crippen molar-refractivity contribution in [3.8, 4) is 0 Å². The fourth-order valence-corrected chi connectivity index (χ4v) is 1.47. The van der Waals surface area contributed by atoms with Crippen LogP contribution in [0, 0.1) is 0 Å². The lowest BCUT2D eigenvalue weighted by atomic mass is 10.1. The summed E-state index contributed by atoms with van der Waals surface area (Å²) >= 11 is 0. The molecule has 15 heavy (non-hydrogen) atoms. The van der Waals surface area contributed by atoms with Crippen LogP contribution in [0.5, 0.6) is 0 Å². The second-order valence-electron chi connectivity index (χ2n) is 3.53. The third-order valence-corrected chi connectivity index (χ3v) is 2.08. The predicted octanol–water partition coefficient (Wildman–Crippen LogP) is 1.01. The molecule has 0 N–H and O–H groups in total. The summed E-state index contributed by atoms with van der Waals surface area (Å²) in [5.41, 5.74) is 0. The molecule has 0 saturated carbocycles. The molecule has 1 unspecified atom stereocenters. The second kappa shape index (κ2) is 5.70. The highest BCUT2D eigenvalue weighted by molar-refractivity contribution is 5.66. The Morgan fingerprint density at radius 3 is 2.60 bits per heavy atom. The highest BCUT2D eigenvalue weighted by Crippen LogP contribution is 2.20. The number of rotatable bonds is 3. The van der Waals surface area contributed by atoms with Crippen LogP contribution in [-0.4, -0.2) is 30.9 Å². The Kier molecular flexibility index (Phi) is 4.55. The molecule has 0 aliphatic carbocycles. The first-order chi connectivity index (χ1) is 7.08. The molecule has 0 amide bonds. The number of carbonyl (C=O) groups excluding carboxylic acids is 2. The summed E-state index contributed by atoms with van der Waals surface area (Å²) in [4.78, 5) is 21.3. The van der Waals surface area contributed by atoms with Crippen LogP contribution in [0.1, 0.15) is 33.1 Å². The number of ether oxygens (including phenoxy) is 3. The van der Waals surface area contributed by atoms with Crippen molar-refractivity contribution in [2.75, 3.05) is 6.61 Å². The number of carbonyl (C=O) groups is 2. The van der Waals surface area contributed by atoms with E-state index in [0.29, 0.717) is 6.42 Å². The van der Waals surface area contributed by atoms with Gasteiger partial charge in [0.1, 0.15) is 6.61 Å². The molecule has 2 atom stereocenters. The number of hydrogen-bond acceptors (Lipinski definition) is 5. The first-order valence-electron chi connectivity index (χ1n) is 5.04. The highest BCUT2D eigenvalue weighted by atomic mass is 16.7. The summed E-state index contributed by atoms with van der Waals surface area (Å²) in [5, 5.41) is 0. The van der Waals surface area contributed by atoms with Crippen LogP contribution >= 0.6 is 0 Å². The summed E-state index contributed by atoms with van der Waals surface area (Å²) in [5.74, 6) is -0.679. The number of esters is 2. The van der Waals surface area contributed by atoms with Crippen LogP contribution < -0.4 is 0 Å². The minimum absolute atomic E-state index is 0.160. The van der Waals surface area contributed by atoms with Gasteiger partial charge in [-0.3, -0.25) is 9.59 Å². The Balaban J connectivity index is 2.28. The van der Waals surface area contributed by atoms with Crippen molar-refractivity contribution in [3.63, 3.8) is 0 Å². The van der Waals surface area contributed by atoms with Gasteiger partial charge in [-0.25, -0.2) is 0 Å². The van der Waals surface area contributed by atoms with E-state index in [2.05, 4.69) is 0 Å². The first-order valence-corrected chi connectivity index (χ1v) is 5.04. The molecule has 1 rings (SSSR count). The summed E-state index contributed by atoms with van der Waals surface area (Å²) in [7, 11) is 0. The zero-order chi connectivity index (χ0) is 11.3. The van der Waals surface area contributed by atoms with Crippen molar-refractivity contribution in [1.82, 2.24) is 0 Å². The van der Waals surface area contributed by atoms with Crippen molar-refractivity contribution < 1.29 is 23.8 Å². The van der Waals surface area contributed by atoms with Gasteiger partial charge in [-0.2, -0.15) is 0 Å². The Morgan fingerprint density at radius 2 is 2.00 bits per heavy atom. The van der Waals surface area contributed by atoms with E-state index in [9.17, 15) is 9.59 Å². The van der Waals surface area contributed by atoms with Gasteiger partial charge in [0.2, 0.25) is 6.29 Å². The molecule has 0 spiro atoms. The SMILES string of the molecule is CC(=O)OC[C@@H]1CCCC(OC(C)=O)O1. The third-order valence-electron chi connectivity index (χ3n) is 2.08. The molecular weight excluding hydrogens is 200 g/mol. The highest BCUT2D eigenvalue weighted by Gasteiger charge is 2.24. The summed E-state index contributed by atoms with van der Waals surface area (Å²) in [6.45, 7) is 2.93. The van der Waals surface area contributed by atoms with Gasteiger partial charge in [-0.15, -0.1) is 0 Å². The van der Waals surface area contributed by atoms with Gasteiger partial charge < -0.3 is 14.2 Å². The van der Waals surface area contributed by atoms with Crippen LogP contribution in [0.4, 0.5) is 0 Å². The van der Waals surface area contributed by atoms with Gasteiger partial charge in [-0.1, -0.05) is 0 Å². The van der Waals surface area contributed by atoms with E-state index in [1.807, 2.05) is 0 Å². The van der Waals surface area contributed by atoms with E-state index in [1.54, 1.807) is 0 Å². The van der Waals surface area contributed by atoms with E-state index in [4.69, 9.17) is 14.2 Å². The fraction of sp³-hybridized carbons (Fsp3) is 0.800. The van der Waals surface area contributed by atoms with Gasteiger partial charge in [0.15, 0.2) is 0 Å². The molecule has 0 aromatic rings. The molecule has 0 aromatic carbocycles. The van der Waals surface area contributed by atoms with Gasteiger partial charge in [-0.05, 0) is 12.8 Å². The molecule has 1 heterocycles. The minimum atomic E-state index is -0.489. The van der Waals surface area contributed by atoms with Crippen molar-refractivity contribution in [2.24, 2.45) is 0 Å². The van der Waals surface area contributed by atoms with E-state index in [1.165, 1.54) is 13.8 Å². The van der Waals surface area contributed by atoms with Crippen molar-refractivity contribution >= 4 is 11.9 Å². The Bertz CT molecular complexity index is 238. The predicted molar refractivity (Wildman–Crippen MR) is 50.9 cm³/mol. The van der Waals surface area contributed by atoms with Gasteiger partial charge in [0.25, 0.3) is 0 Å². The Hall–Kier alpha value is -1.10. The van der Waals surface area contributed by atoms with Crippen LogP contribution in [-0.2, 0) is 23.8 Å². The molecule has 86 valence electrons. The van der Waals surface area contributed by atoms with Gasteiger partial charge in [0, 0.05) is 20.3 Å². The Morgan fingerprint density at radius 1 is 1.27 bits per heavy atom. The average molecular weight is 216 g/mol. The minimum Gasteiger partial charge on any atom is -0.463 e. The molecule has 1 saturated heterocycles. The van der Waals surface area contributed by atoms with Crippen LogP contribution in [0.15, 0.2) is 0 Å². The third kappa shape index (κ3) is 4.78. The topological polar surface area (TPSA) is 61.8 Å². The van der Waals surface area contributed by atoms with Gasteiger partial charge in [0.05, 0.1) is 6.10 Å². The lowest BCUT2D eigenvalue weighted by Crippen LogP contribution is -2.34. The molecule has 0 bridgehead atoms. The standard InChI is InChI=1S/C10H16O5/c1-7(11)13-6-9-4-3-5-10(15-9)14-8(2)12/h9-10H,3-6H2,1-2H3/t9-,10?/m0/s1. The number of hydrogen-bond donors (Lipinski definition) is 0. The van der Waals surface area contributed by atoms with Crippen molar-refractivity contribution in [1.29, 1.82) is 0 Å². The van der Waals surface area contributed by atoms with Crippen LogP contribution in [0.25, 0.3) is 0 Å². The van der Waals surface area contributed by atoms with E-state index in [0.717, 1.165) is 12.8 Å². The molecule has 1 aliphatic rings. The maximum Gasteiger partial charge on any atom is 0.304 e. The van der Waals surface area contributed by atoms with Crippen molar-refractivity contribution in [2.45, 2.75) is 45.5 Å². The first kappa shape index (κ1) is 12.0. The van der Waals surface area contributed by atoms with Crippen LogP contribution in [0.3, 0.4) is 0 Å².